The second-order valence-electron chi connectivity index (χ2n) is 14.8. The molecule has 12 nitrogen and oxygen atoms in total. The zero-order valence-electron chi connectivity index (χ0n) is 29.9. The van der Waals surface area contributed by atoms with Gasteiger partial charge < -0.3 is 25.6 Å². The quantitative estimate of drug-likeness (QED) is 0.115. The van der Waals surface area contributed by atoms with E-state index < -0.39 is 0 Å². The van der Waals surface area contributed by atoms with Gasteiger partial charge in [0, 0.05) is 18.8 Å². The van der Waals surface area contributed by atoms with E-state index in [0.717, 1.165) is 65.3 Å². The molecular weight excluding hydrogens is 632 g/mol. The summed E-state index contributed by atoms with van der Waals surface area (Å²) in [7, 11) is 2.14. The lowest BCUT2D eigenvalue weighted by Crippen LogP contribution is -2.38. The number of carbonyl (C=O) groups is 1. The molecule has 3 heterocycles. The maximum atomic E-state index is 13.6. The predicted molar refractivity (Wildman–Crippen MR) is 194 cm³/mol. The van der Waals surface area contributed by atoms with E-state index >= 15 is 0 Å². The number of benzene rings is 2. The topological polar surface area (TPSA) is 148 Å². The van der Waals surface area contributed by atoms with Crippen molar-refractivity contribution in [1.29, 1.82) is 0 Å². The number of aliphatic hydroxyl groups is 2. The standard InChI is InChI=1S/C38H52N8O4/c1-37(2,3)26-21-25(34(39-16-19-47)40-17-20-48)22-27(23-26)41-36(49)42-31-12-13-32(30-10-7-6-9-29(30)31)50-28-11-14-33-43-44-35(46(33)24-28)38(4)15-8-18-45(38)5/h6-7,9-11,14,21-24,31-32,34,39-40,47-48H,8,12-13,15-20H2,1-5H3,(H2,41,42,49)/t31-,32+,38?/m0/s1. The maximum Gasteiger partial charge on any atom is 0.319 e. The number of nitrogens with one attached hydrogen (secondary N) is 4. The van der Waals surface area contributed by atoms with E-state index in [1.54, 1.807) is 0 Å². The molecule has 50 heavy (non-hydrogen) atoms. The van der Waals surface area contributed by atoms with Gasteiger partial charge in [-0.1, -0.05) is 51.1 Å². The number of ether oxygens (including phenoxy) is 1. The van der Waals surface area contributed by atoms with Crippen LogP contribution in [0.15, 0.2) is 60.8 Å². The highest BCUT2D eigenvalue weighted by Gasteiger charge is 2.40. The van der Waals surface area contributed by atoms with Gasteiger partial charge in [0.05, 0.1) is 37.2 Å². The number of hydrogen-bond donors (Lipinski definition) is 6. The number of carbonyl (C=O) groups excluding carboxylic acids is 1. The monoisotopic (exact) mass is 684 g/mol. The van der Waals surface area contributed by atoms with Crippen LogP contribution in [0, 0.1) is 0 Å². The van der Waals surface area contributed by atoms with Gasteiger partial charge in [0.15, 0.2) is 11.5 Å². The van der Waals surface area contributed by atoms with E-state index in [-0.39, 0.29) is 48.5 Å². The zero-order valence-corrected chi connectivity index (χ0v) is 29.9. The molecule has 0 bridgehead atoms. The first-order chi connectivity index (χ1) is 24.0. The van der Waals surface area contributed by atoms with Gasteiger partial charge in [-0.2, -0.15) is 0 Å². The molecule has 1 saturated heterocycles. The smallest absolute Gasteiger partial charge is 0.319 e. The lowest BCUT2D eigenvalue weighted by atomic mass is 9.85. The van der Waals surface area contributed by atoms with Gasteiger partial charge in [-0.3, -0.25) is 19.9 Å². The molecule has 6 rings (SSSR count). The van der Waals surface area contributed by atoms with E-state index in [4.69, 9.17) is 4.74 Å². The number of rotatable bonds is 12. The summed E-state index contributed by atoms with van der Waals surface area (Å²) in [5.41, 5.74) is 5.15. The van der Waals surface area contributed by atoms with Crippen molar-refractivity contribution in [3.05, 3.63) is 88.9 Å². The molecule has 2 aromatic heterocycles. The molecule has 0 radical (unpaired) electrons. The highest BCUT2D eigenvalue weighted by molar-refractivity contribution is 5.90. The van der Waals surface area contributed by atoms with Crippen LogP contribution >= 0.6 is 0 Å². The third-order valence-corrected chi connectivity index (χ3v) is 10.2. The van der Waals surface area contributed by atoms with Gasteiger partial charge in [0.2, 0.25) is 0 Å². The molecule has 1 unspecified atom stereocenters. The Balaban J connectivity index is 1.19. The van der Waals surface area contributed by atoms with Gasteiger partial charge in [-0.15, -0.1) is 10.2 Å². The number of nitrogens with zero attached hydrogens (tertiary/aromatic N) is 4. The number of pyridine rings is 1. The van der Waals surface area contributed by atoms with Crippen LogP contribution in [0.5, 0.6) is 5.75 Å². The Morgan fingerprint density at radius 1 is 1.02 bits per heavy atom. The Labute approximate surface area is 294 Å². The van der Waals surface area contributed by atoms with E-state index in [9.17, 15) is 15.0 Å². The van der Waals surface area contributed by atoms with E-state index in [1.165, 1.54) is 0 Å². The SMILES string of the molecule is CN1CCCC1(C)c1nnc2ccc(O[C@@H]3CC[C@H](NC(=O)Nc4cc(C(NCCO)NCCO)cc(C(C)(C)C)c4)c4ccccc43)cn12. The van der Waals surface area contributed by atoms with Crippen molar-refractivity contribution in [2.45, 2.75) is 82.6 Å². The first-order valence-corrected chi connectivity index (χ1v) is 17.7. The number of likely N-dealkylation sites (tertiary alicyclic amines) is 1. The third kappa shape index (κ3) is 7.64. The number of aromatic nitrogens is 3. The number of hydrogen-bond acceptors (Lipinski definition) is 9. The molecule has 268 valence electrons. The van der Waals surface area contributed by atoms with Crippen LogP contribution in [-0.4, -0.2) is 75.6 Å². The third-order valence-electron chi connectivity index (χ3n) is 10.2. The van der Waals surface area contributed by atoms with Gasteiger partial charge in [-0.05, 0) is 98.1 Å². The summed E-state index contributed by atoms with van der Waals surface area (Å²) in [6.07, 6.45) is 5.12. The molecular formula is C38H52N8O4. The Bertz CT molecular complexity index is 1780. The fourth-order valence-electron chi connectivity index (χ4n) is 7.25. The number of urea groups is 1. The zero-order chi connectivity index (χ0) is 35.5. The normalized spacial score (nSPS) is 21.0. The van der Waals surface area contributed by atoms with Gasteiger partial charge in [-0.25, -0.2) is 4.79 Å². The second-order valence-corrected chi connectivity index (χ2v) is 14.8. The molecule has 0 spiro atoms. The van der Waals surface area contributed by atoms with E-state index in [0.29, 0.717) is 25.2 Å². The van der Waals surface area contributed by atoms with Gasteiger partial charge in [0.1, 0.15) is 11.9 Å². The highest BCUT2D eigenvalue weighted by atomic mass is 16.5. The summed E-state index contributed by atoms with van der Waals surface area (Å²) in [6.45, 7) is 10.4. The van der Waals surface area contributed by atoms with Crippen LogP contribution in [0.2, 0.25) is 0 Å². The van der Waals surface area contributed by atoms with Crippen molar-refractivity contribution in [2.75, 3.05) is 45.2 Å². The maximum absolute atomic E-state index is 13.6. The predicted octanol–water partition coefficient (Wildman–Crippen LogP) is 4.91. The summed E-state index contributed by atoms with van der Waals surface area (Å²) >= 11 is 0. The van der Waals surface area contributed by atoms with Crippen LogP contribution in [0.3, 0.4) is 0 Å². The number of aliphatic hydroxyl groups excluding tert-OH is 2. The van der Waals surface area contributed by atoms with E-state index in [2.05, 4.69) is 93.7 Å². The first-order valence-electron chi connectivity index (χ1n) is 17.7. The average Bonchev–Trinajstić information content (AvgIpc) is 3.68. The molecule has 4 aromatic rings. The van der Waals surface area contributed by atoms with Crippen molar-refractivity contribution >= 4 is 17.4 Å². The van der Waals surface area contributed by atoms with Crippen molar-refractivity contribution in [3.63, 3.8) is 0 Å². The van der Waals surface area contributed by atoms with Crippen LogP contribution in [-0.2, 0) is 11.0 Å². The number of amides is 2. The highest BCUT2D eigenvalue weighted by Crippen LogP contribution is 2.40. The average molecular weight is 685 g/mol. The van der Waals surface area contributed by atoms with Crippen molar-refractivity contribution in [2.24, 2.45) is 0 Å². The van der Waals surface area contributed by atoms with Crippen molar-refractivity contribution in [1.82, 2.24) is 35.4 Å². The molecule has 1 aliphatic carbocycles. The fourth-order valence-corrected chi connectivity index (χ4v) is 7.25. The summed E-state index contributed by atoms with van der Waals surface area (Å²) < 4.78 is 8.72. The summed E-state index contributed by atoms with van der Waals surface area (Å²) in [4.78, 5) is 15.9. The molecule has 6 N–H and O–H groups in total. The first kappa shape index (κ1) is 35.7. The lowest BCUT2D eigenvalue weighted by Gasteiger charge is -2.32. The molecule has 3 atom stereocenters. The lowest BCUT2D eigenvalue weighted by molar-refractivity contribution is 0.170. The minimum atomic E-state index is -0.313. The molecule has 0 saturated carbocycles. The molecule has 12 heteroatoms. The van der Waals surface area contributed by atoms with Crippen LogP contribution in [0.25, 0.3) is 5.65 Å². The van der Waals surface area contributed by atoms with Crippen molar-refractivity contribution in [3.8, 4) is 5.75 Å². The summed E-state index contributed by atoms with van der Waals surface area (Å²) in [5, 5.41) is 40.8. The number of fused-ring (bicyclic) bond motifs is 2. The Kier molecular flexibility index (Phi) is 10.8. The molecule has 2 aliphatic rings. The molecule has 1 aliphatic heterocycles. The fraction of sp³-hybridized carbons (Fsp3) is 0.500. The Morgan fingerprint density at radius 2 is 1.76 bits per heavy atom. The van der Waals surface area contributed by atoms with Crippen LogP contribution in [0.4, 0.5) is 10.5 Å². The molecule has 2 aromatic carbocycles. The Hall–Kier alpha value is -4.07. The largest absolute Gasteiger partial charge is 0.484 e. The number of anilines is 1. The van der Waals surface area contributed by atoms with E-state index in [1.807, 2.05) is 42.6 Å². The second kappa shape index (κ2) is 15.0. The van der Waals surface area contributed by atoms with Crippen LogP contribution in [0.1, 0.15) is 99.8 Å². The van der Waals surface area contributed by atoms with Gasteiger partial charge in [0.25, 0.3) is 0 Å². The Morgan fingerprint density at radius 3 is 2.44 bits per heavy atom. The minimum absolute atomic E-state index is 0.0197. The summed E-state index contributed by atoms with van der Waals surface area (Å²) in [6, 6.07) is 17.6. The van der Waals surface area contributed by atoms with Crippen LogP contribution < -0.4 is 26.0 Å². The van der Waals surface area contributed by atoms with Crippen molar-refractivity contribution < 1.29 is 19.7 Å². The minimum Gasteiger partial charge on any atom is -0.484 e. The molecule has 2 amide bonds. The summed E-state index contributed by atoms with van der Waals surface area (Å²) in [5.74, 6) is 1.68. The molecule has 1 fully saturated rings. The van der Waals surface area contributed by atoms with Gasteiger partial charge >= 0.3 is 6.03 Å².